The minimum atomic E-state index is -0.610. The van der Waals surface area contributed by atoms with Gasteiger partial charge in [-0.1, -0.05) is 47.5 Å². The van der Waals surface area contributed by atoms with Gasteiger partial charge in [0.05, 0.1) is 19.6 Å². The Balaban J connectivity index is 0.00000300. The van der Waals surface area contributed by atoms with Crippen LogP contribution in [0, 0.1) is 0 Å². The van der Waals surface area contributed by atoms with Crippen molar-refractivity contribution in [2.75, 3.05) is 12.4 Å². The van der Waals surface area contributed by atoms with Crippen molar-refractivity contribution in [2.45, 2.75) is 31.5 Å². The molecule has 29 heavy (non-hydrogen) atoms. The number of esters is 1. The third-order valence-corrected chi connectivity index (χ3v) is 5.22. The van der Waals surface area contributed by atoms with Crippen LogP contribution in [0.1, 0.15) is 29.2 Å². The number of amides is 1. The van der Waals surface area contributed by atoms with Crippen molar-refractivity contribution in [3.05, 3.63) is 63.1 Å². The Morgan fingerprint density at radius 1 is 1.21 bits per heavy atom. The zero-order chi connectivity index (χ0) is 20.3. The summed E-state index contributed by atoms with van der Waals surface area (Å²) in [6.45, 7) is 0.453. The lowest BCUT2D eigenvalue weighted by Gasteiger charge is -2.33. The molecular formula is C20H22Cl3N3O3. The van der Waals surface area contributed by atoms with Gasteiger partial charge in [-0.3, -0.25) is 4.79 Å². The highest BCUT2D eigenvalue weighted by Gasteiger charge is 2.34. The van der Waals surface area contributed by atoms with Crippen LogP contribution in [0.5, 0.6) is 0 Å². The van der Waals surface area contributed by atoms with E-state index < -0.39 is 18.1 Å². The molecule has 3 rings (SSSR count). The van der Waals surface area contributed by atoms with E-state index >= 15 is 0 Å². The van der Waals surface area contributed by atoms with Crippen LogP contribution in [0.15, 0.2) is 36.4 Å². The molecule has 6 nitrogen and oxygen atoms in total. The van der Waals surface area contributed by atoms with Crippen LogP contribution in [0.3, 0.4) is 0 Å². The molecule has 1 amide bonds. The maximum Gasteiger partial charge on any atom is 0.328 e. The van der Waals surface area contributed by atoms with Crippen molar-refractivity contribution in [1.82, 2.24) is 5.32 Å². The third-order valence-electron chi connectivity index (χ3n) is 4.69. The first-order valence-electron chi connectivity index (χ1n) is 8.81. The Kier molecular flexibility index (Phi) is 8.16. The second-order valence-electron chi connectivity index (χ2n) is 6.62. The highest BCUT2D eigenvalue weighted by atomic mass is 35.5. The second kappa shape index (κ2) is 10.2. The maximum atomic E-state index is 12.6. The molecule has 0 radical (unpaired) electrons. The number of halogens is 3. The summed E-state index contributed by atoms with van der Waals surface area (Å²) in [6, 6.07) is 9.80. The maximum absolute atomic E-state index is 12.6. The van der Waals surface area contributed by atoms with Gasteiger partial charge >= 0.3 is 5.97 Å². The molecule has 156 valence electrons. The number of benzene rings is 2. The van der Waals surface area contributed by atoms with E-state index in [2.05, 4.69) is 10.6 Å². The largest absolute Gasteiger partial charge is 0.467 e. The lowest BCUT2D eigenvalue weighted by Crippen LogP contribution is -2.42. The van der Waals surface area contributed by atoms with Gasteiger partial charge < -0.3 is 21.1 Å². The fraction of sp³-hybridized carbons (Fsp3) is 0.300. The van der Waals surface area contributed by atoms with E-state index in [9.17, 15) is 9.59 Å². The van der Waals surface area contributed by atoms with Gasteiger partial charge in [0.25, 0.3) is 0 Å². The Morgan fingerprint density at radius 3 is 2.48 bits per heavy atom. The van der Waals surface area contributed by atoms with Crippen molar-refractivity contribution in [3.8, 4) is 0 Å². The van der Waals surface area contributed by atoms with E-state index in [0.29, 0.717) is 34.3 Å². The molecule has 9 heteroatoms. The first kappa shape index (κ1) is 23.3. The average Bonchev–Trinajstić information content (AvgIpc) is 2.67. The van der Waals surface area contributed by atoms with E-state index in [1.807, 2.05) is 24.3 Å². The predicted octanol–water partition coefficient (Wildman–Crippen LogP) is 3.63. The molecule has 1 aliphatic heterocycles. The summed E-state index contributed by atoms with van der Waals surface area (Å²) in [5.41, 5.74) is 8.79. The number of methoxy groups -OCH3 is 1. The molecule has 1 heterocycles. The van der Waals surface area contributed by atoms with E-state index in [-0.39, 0.29) is 24.7 Å². The van der Waals surface area contributed by atoms with Crippen molar-refractivity contribution in [2.24, 2.45) is 5.73 Å². The van der Waals surface area contributed by atoms with Crippen molar-refractivity contribution in [3.63, 3.8) is 0 Å². The molecule has 0 unspecified atom stereocenters. The van der Waals surface area contributed by atoms with Crippen molar-refractivity contribution < 1.29 is 14.3 Å². The number of fused-ring (bicyclic) bond motifs is 1. The summed E-state index contributed by atoms with van der Waals surface area (Å²) < 4.78 is 4.85. The van der Waals surface area contributed by atoms with Crippen LogP contribution in [-0.4, -0.2) is 25.0 Å². The average molecular weight is 459 g/mol. The van der Waals surface area contributed by atoms with E-state index in [1.165, 1.54) is 7.11 Å². The van der Waals surface area contributed by atoms with Crippen LogP contribution < -0.4 is 16.4 Å². The van der Waals surface area contributed by atoms with Gasteiger partial charge in [-0.25, -0.2) is 4.79 Å². The molecule has 0 aliphatic carbocycles. The van der Waals surface area contributed by atoms with Gasteiger partial charge in [0.1, 0.15) is 6.04 Å². The highest BCUT2D eigenvalue weighted by Crippen LogP contribution is 2.40. The Bertz CT molecular complexity index is 891. The van der Waals surface area contributed by atoms with Crippen LogP contribution in [0.25, 0.3) is 0 Å². The van der Waals surface area contributed by atoms with Crippen LogP contribution >= 0.6 is 35.6 Å². The smallest absolute Gasteiger partial charge is 0.328 e. The van der Waals surface area contributed by atoms with Crippen LogP contribution in [0.2, 0.25) is 10.0 Å². The number of rotatable bonds is 5. The first-order valence-corrected chi connectivity index (χ1v) is 9.57. The number of carbonyl (C=O) groups is 2. The summed E-state index contributed by atoms with van der Waals surface area (Å²) >= 11 is 12.5. The zero-order valence-electron chi connectivity index (χ0n) is 15.7. The summed E-state index contributed by atoms with van der Waals surface area (Å²) in [5, 5.41) is 6.93. The number of anilines is 1. The van der Waals surface area contributed by atoms with Gasteiger partial charge in [-0.05, 0) is 23.3 Å². The summed E-state index contributed by atoms with van der Waals surface area (Å²) in [4.78, 5) is 24.7. The summed E-state index contributed by atoms with van der Waals surface area (Å²) in [7, 11) is 1.32. The van der Waals surface area contributed by atoms with Gasteiger partial charge in [0, 0.05) is 34.3 Å². The monoisotopic (exact) mass is 457 g/mol. The topological polar surface area (TPSA) is 93.5 Å². The number of carbonyl (C=O) groups excluding carboxylic acids is 2. The molecule has 2 atom stereocenters. The van der Waals surface area contributed by atoms with Crippen LogP contribution in [-0.2, 0) is 27.3 Å². The van der Waals surface area contributed by atoms with Crippen molar-refractivity contribution in [1.29, 1.82) is 0 Å². The normalized spacial score (nSPS) is 17.4. The predicted molar refractivity (Wildman–Crippen MR) is 117 cm³/mol. The van der Waals surface area contributed by atoms with E-state index in [1.54, 1.807) is 12.1 Å². The standard InChI is InChI=1S/C20H21Cl2N3O3.ClH/c1-28-20(27)17-9-16(19-14(22)7-13(21)8-15(19)24-17)25-18(26)6-11-2-4-12(10-23)5-3-11;/h2-5,7-8,16-17,24H,6,9-10,23H2,1H3,(H,25,26);1H/t16-,17+;/m0./s1. The van der Waals surface area contributed by atoms with Crippen molar-refractivity contribution >= 4 is 53.2 Å². The van der Waals surface area contributed by atoms with Crippen LogP contribution in [0.4, 0.5) is 5.69 Å². The number of hydrogen-bond donors (Lipinski definition) is 3. The molecule has 0 aromatic heterocycles. The zero-order valence-corrected chi connectivity index (χ0v) is 18.0. The molecule has 1 aliphatic rings. The number of nitrogens with one attached hydrogen (secondary N) is 2. The lowest BCUT2D eigenvalue weighted by atomic mass is 9.92. The fourth-order valence-corrected chi connectivity index (χ4v) is 3.94. The number of nitrogens with two attached hydrogens (primary N) is 1. The molecule has 4 N–H and O–H groups in total. The molecule has 0 fully saturated rings. The molecule has 0 saturated heterocycles. The van der Waals surface area contributed by atoms with Gasteiger partial charge in [-0.2, -0.15) is 0 Å². The second-order valence-corrected chi connectivity index (χ2v) is 7.47. The Morgan fingerprint density at radius 2 is 1.86 bits per heavy atom. The highest BCUT2D eigenvalue weighted by molar-refractivity contribution is 6.35. The Hall–Kier alpha value is -1.99. The van der Waals surface area contributed by atoms with Gasteiger partial charge in [0.15, 0.2) is 0 Å². The molecule has 2 aromatic carbocycles. The van der Waals surface area contributed by atoms with E-state index in [4.69, 9.17) is 33.7 Å². The number of hydrogen-bond acceptors (Lipinski definition) is 5. The third kappa shape index (κ3) is 5.54. The molecule has 0 saturated carbocycles. The minimum absolute atomic E-state index is 0. The van der Waals surface area contributed by atoms with Gasteiger partial charge in [-0.15, -0.1) is 12.4 Å². The molecular weight excluding hydrogens is 437 g/mol. The fourth-order valence-electron chi connectivity index (χ4n) is 3.31. The minimum Gasteiger partial charge on any atom is -0.467 e. The quantitative estimate of drug-likeness (QED) is 0.595. The lowest BCUT2D eigenvalue weighted by molar-refractivity contribution is -0.142. The first-order chi connectivity index (χ1) is 13.4. The van der Waals surface area contributed by atoms with Gasteiger partial charge in [0.2, 0.25) is 5.91 Å². The SMILES string of the molecule is COC(=O)[C@H]1C[C@H](NC(=O)Cc2ccc(CN)cc2)c2c(Cl)cc(Cl)cc2N1.Cl. The molecule has 0 bridgehead atoms. The summed E-state index contributed by atoms with van der Waals surface area (Å²) in [6.07, 6.45) is 0.525. The summed E-state index contributed by atoms with van der Waals surface area (Å²) in [5.74, 6) is -0.591. The molecule has 0 spiro atoms. The Labute approximate surface area is 185 Å². The van der Waals surface area contributed by atoms with E-state index in [0.717, 1.165) is 11.1 Å². The molecule has 2 aromatic rings. The number of ether oxygens (including phenoxy) is 1.